The van der Waals surface area contributed by atoms with Crippen LogP contribution < -0.4 is 10.6 Å². The second-order valence-electron chi connectivity index (χ2n) is 7.26. The number of furan rings is 1. The largest absolute Gasteiger partial charge is 0.461 e. The zero-order chi connectivity index (χ0) is 18.4. The molecule has 0 bridgehead atoms. The number of guanidine groups is 1. The molecule has 3 rings (SSSR count). The second-order valence-corrected chi connectivity index (χ2v) is 7.26. The maximum Gasteiger partial charge on any atom is 0.191 e. The molecule has 6 nitrogen and oxygen atoms in total. The van der Waals surface area contributed by atoms with E-state index in [1.807, 2.05) is 18.2 Å². The molecule has 1 fully saturated rings. The number of morpholine rings is 1. The van der Waals surface area contributed by atoms with Gasteiger partial charge in [-0.3, -0.25) is 9.89 Å². The summed E-state index contributed by atoms with van der Waals surface area (Å²) in [6, 6.07) is 10.2. The summed E-state index contributed by atoms with van der Waals surface area (Å²) in [6.45, 7) is 9.70. The van der Waals surface area contributed by atoms with Gasteiger partial charge in [-0.25, -0.2) is 0 Å². The van der Waals surface area contributed by atoms with Gasteiger partial charge in [0.2, 0.25) is 0 Å². The van der Waals surface area contributed by atoms with Crippen LogP contribution in [0.4, 0.5) is 0 Å². The van der Waals surface area contributed by atoms with Crippen LogP contribution in [-0.4, -0.2) is 62.8 Å². The van der Waals surface area contributed by atoms with Crippen molar-refractivity contribution >= 4 is 16.9 Å². The number of benzene rings is 1. The van der Waals surface area contributed by atoms with Gasteiger partial charge in [0, 0.05) is 50.6 Å². The fourth-order valence-electron chi connectivity index (χ4n) is 3.27. The predicted molar refractivity (Wildman–Crippen MR) is 106 cm³/mol. The van der Waals surface area contributed by atoms with Gasteiger partial charge in [-0.05, 0) is 26.0 Å². The Morgan fingerprint density at radius 1 is 1.19 bits per heavy atom. The number of rotatable bonds is 6. The lowest BCUT2D eigenvalue weighted by Crippen LogP contribution is -2.56. The van der Waals surface area contributed by atoms with Gasteiger partial charge >= 0.3 is 0 Å². The molecule has 2 N–H and O–H groups in total. The Balaban J connectivity index is 1.45. The lowest BCUT2D eigenvalue weighted by atomic mass is 10.0. The first-order valence-corrected chi connectivity index (χ1v) is 9.33. The van der Waals surface area contributed by atoms with Crippen molar-refractivity contribution in [2.75, 3.05) is 46.4 Å². The molecule has 6 heteroatoms. The molecule has 142 valence electrons. The maximum atomic E-state index is 5.86. The van der Waals surface area contributed by atoms with Crippen LogP contribution in [0.15, 0.2) is 39.7 Å². The van der Waals surface area contributed by atoms with Gasteiger partial charge < -0.3 is 19.8 Å². The molecule has 2 aromatic rings. The lowest BCUT2D eigenvalue weighted by Gasteiger charge is -2.41. The van der Waals surface area contributed by atoms with Gasteiger partial charge in [0.15, 0.2) is 5.96 Å². The van der Waals surface area contributed by atoms with Crippen molar-refractivity contribution in [1.29, 1.82) is 0 Å². The standard InChI is InChI=1S/C20H30N4O2/c1-20(2,24-10-12-25-13-11-24)15-23-19(21-3)22-9-8-17-14-16-6-4-5-7-18(16)26-17/h4-7,14H,8-13,15H2,1-3H3,(H2,21,22,23). The minimum Gasteiger partial charge on any atom is -0.461 e. The van der Waals surface area contributed by atoms with Gasteiger partial charge in [-0.2, -0.15) is 0 Å². The third-order valence-electron chi connectivity index (χ3n) is 4.92. The molecule has 2 heterocycles. The maximum absolute atomic E-state index is 5.86. The predicted octanol–water partition coefficient (Wildman–Crippen LogP) is 2.25. The minimum atomic E-state index is 0.0557. The third-order valence-corrected chi connectivity index (χ3v) is 4.92. The van der Waals surface area contributed by atoms with Crippen molar-refractivity contribution in [3.63, 3.8) is 0 Å². The summed E-state index contributed by atoms with van der Waals surface area (Å²) in [5, 5.41) is 7.97. The summed E-state index contributed by atoms with van der Waals surface area (Å²) in [5.41, 5.74) is 0.998. The highest BCUT2D eigenvalue weighted by atomic mass is 16.5. The molecule has 26 heavy (non-hydrogen) atoms. The topological polar surface area (TPSA) is 62.0 Å². The summed E-state index contributed by atoms with van der Waals surface area (Å²) >= 11 is 0. The van der Waals surface area contributed by atoms with Gasteiger partial charge in [-0.15, -0.1) is 0 Å². The van der Waals surface area contributed by atoms with Crippen LogP contribution in [0.3, 0.4) is 0 Å². The van der Waals surface area contributed by atoms with Crippen molar-refractivity contribution in [2.45, 2.75) is 25.8 Å². The molecular weight excluding hydrogens is 328 g/mol. The van der Waals surface area contributed by atoms with Crippen LogP contribution in [0.1, 0.15) is 19.6 Å². The molecule has 0 amide bonds. The van der Waals surface area contributed by atoms with Gasteiger partial charge in [0.1, 0.15) is 11.3 Å². The van der Waals surface area contributed by atoms with Crippen molar-refractivity contribution in [3.05, 3.63) is 36.1 Å². The van der Waals surface area contributed by atoms with Gasteiger partial charge in [-0.1, -0.05) is 18.2 Å². The Bertz CT molecular complexity index is 699. The van der Waals surface area contributed by atoms with E-state index < -0.39 is 0 Å². The zero-order valence-electron chi connectivity index (χ0n) is 16.0. The number of aliphatic imine (C=N–C) groups is 1. The molecule has 0 spiro atoms. The molecule has 1 aromatic heterocycles. The Hall–Kier alpha value is -2.05. The summed E-state index contributed by atoms with van der Waals surface area (Å²) in [5.74, 6) is 1.81. The lowest BCUT2D eigenvalue weighted by molar-refractivity contribution is -0.00833. The first-order valence-electron chi connectivity index (χ1n) is 9.33. The molecule has 0 radical (unpaired) electrons. The Kier molecular flexibility index (Phi) is 6.16. The second kappa shape index (κ2) is 8.56. The molecule has 1 aliphatic heterocycles. The smallest absolute Gasteiger partial charge is 0.191 e. The molecular formula is C20H30N4O2. The van der Waals surface area contributed by atoms with Gasteiger partial charge in [0.25, 0.3) is 0 Å². The average molecular weight is 358 g/mol. The summed E-state index contributed by atoms with van der Waals surface area (Å²) in [7, 11) is 1.80. The van der Waals surface area contributed by atoms with Crippen molar-refractivity contribution < 1.29 is 9.15 Å². The van der Waals surface area contributed by atoms with E-state index in [0.717, 1.165) is 68.5 Å². The van der Waals surface area contributed by atoms with E-state index in [9.17, 15) is 0 Å². The zero-order valence-corrected chi connectivity index (χ0v) is 16.0. The molecule has 1 saturated heterocycles. The van der Waals surface area contributed by atoms with Crippen LogP contribution in [0.2, 0.25) is 0 Å². The fraction of sp³-hybridized carbons (Fsp3) is 0.550. The van der Waals surface area contributed by atoms with Crippen molar-refractivity contribution in [2.24, 2.45) is 4.99 Å². The number of nitrogens with one attached hydrogen (secondary N) is 2. The van der Waals surface area contributed by atoms with Crippen LogP contribution in [0.5, 0.6) is 0 Å². The highest BCUT2D eigenvalue weighted by Crippen LogP contribution is 2.19. The van der Waals surface area contributed by atoms with E-state index in [2.05, 4.69) is 46.5 Å². The summed E-state index contributed by atoms with van der Waals surface area (Å²) in [6.07, 6.45) is 0.822. The number of nitrogens with zero attached hydrogens (tertiary/aromatic N) is 2. The number of para-hydroxylation sites is 1. The SMILES string of the molecule is CN=C(NCCc1cc2ccccc2o1)NCC(C)(C)N1CCOCC1. The number of hydrogen-bond donors (Lipinski definition) is 2. The highest BCUT2D eigenvalue weighted by Gasteiger charge is 2.28. The molecule has 0 unspecified atom stereocenters. The first kappa shape index (κ1) is 18.7. The van der Waals surface area contributed by atoms with Crippen LogP contribution in [-0.2, 0) is 11.2 Å². The molecule has 0 aliphatic carbocycles. The number of hydrogen-bond acceptors (Lipinski definition) is 4. The fourth-order valence-corrected chi connectivity index (χ4v) is 3.27. The Morgan fingerprint density at radius 2 is 1.96 bits per heavy atom. The van der Waals surface area contributed by atoms with Crippen LogP contribution in [0, 0.1) is 0 Å². The molecule has 0 atom stereocenters. The van der Waals surface area contributed by atoms with E-state index in [-0.39, 0.29) is 5.54 Å². The Morgan fingerprint density at radius 3 is 2.69 bits per heavy atom. The van der Waals surface area contributed by atoms with Gasteiger partial charge in [0.05, 0.1) is 13.2 Å². The van der Waals surface area contributed by atoms with Crippen LogP contribution >= 0.6 is 0 Å². The average Bonchev–Trinajstić information content (AvgIpc) is 3.08. The minimum absolute atomic E-state index is 0.0557. The summed E-state index contributed by atoms with van der Waals surface area (Å²) < 4.78 is 11.3. The molecule has 0 saturated carbocycles. The number of fused-ring (bicyclic) bond motifs is 1. The third kappa shape index (κ3) is 4.77. The highest BCUT2D eigenvalue weighted by molar-refractivity contribution is 5.80. The monoisotopic (exact) mass is 358 g/mol. The first-order chi connectivity index (χ1) is 12.6. The summed E-state index contributed by atoms with van der Waals surface area (Å²) in [4.78, 5) is 6.79. The van der Waals surface area contributed by atoms with E-state index in [1.54, 1.807) is 7.05 Å². The van der Waals surface area contributed by atoms with Crippen molar-refractivity contribution in [1.82, 2.24) is 15.5 Å². The van der Waals surface area contributed by atoms with Crippen LogP contribution in [0.25, 0.3) is 11.0 Å². The van der Waals surface area contributed by atoms with Crippen molar-refractivity contribution in [3.8, 4) is 0 Å². The number of ether oxygens (including phenoxy) is 1. The van der Waals surface area contributed by atoms with E-state index in [4.69, 9.17) is 9.15 Å². The van der Waals surface area contributed by atoms with E-state index in [1.165, 1.54) is 0 Å². The Labute approximate surface area is 155 Å². The molecule has 1 aromatic carbocycles. The molecule has 1 aliphatic rings. The quantitative estimate of drug-likeness (QED) is 0.613. The van der Waals surface area contributed by atoms with E-state index >= 15 is 0 Å². The van der Waals surface area contributed by atoms with E-state index in [0.29, 0.717) is 0 Å². The normalized spacial score (nSPS) is 16.8.